The quantitative estimate of drug-likeness (QED) is 0.364. The first-order chi connectivity index (χ1) is 1.73. The number of hydrogen-bond acceptors (Lipinski definition) is 3. The third-order valence-electron chi connectivity index (χ3n) is 0. The van der Waals surface area contributed by atoms with Crippen molar-refractivity contribution >= 4 is 19.5 Å². The van der Waals surface area contributed by atoms with Crippen LogP contribution in [0.5, 0.6) is 0 Å². The Morgan fingerprint density at radius 2 is 1.50 bits per heavy atom. The van der Waals surface area contributed by atoms with Crippen molar-refractivity contribution in [2.24, 2.45) is 0 Å². The minimum Gasteiger partial charge on any atom is -0.614 e. The Hall–Kier alpha value is 0.330. The van der Waals surface area contributed by atoms with Crippen LogP contribution in [-0.2, 0) is 16.8 Å². The third kappa shape index (κ3) is 441. The second kappa shape index (κ2) is 9.01. The van der Waals surface area contributed by atoms with Gasteiger partial charge in [-0.15, -0.1) is 4.57 Å². The summed E-state index contributed by atoms with van der Waals surface area (Å²) in [5, 5.41) is 0. The summed E-state index contributed by atoms with van der Waals surface area (Å²) in [6.45, 7) is 0. The van der Waals surface area contributed by atoms with Crippen LogP contribution < -0.4 is 17.2 Å². The molecule has 1 atom stereocenters. The van der Waals surface area contributed by atoms with Crippen molar-refractivity contribution < 1.29 is 9.46 Å². The molecule has 0 amide bonds. The Morgan fingerprint density at radius 1 is 1.50 bits per heavy atom. The third-order valence-corrected chi connectivity index (χ3v) is 0. The van der Waals surface area contributed by atoms with Gasteiger partial charge in [0.15, 0.2) is 7.23 Å². The lowest BCUT2D eigenvalue weighted by molar-refractivity contribution is -0.157. The Morgan fingerprint density at radius 3 is 1.50 bits per heavy atom. The van der Waals surface area contributed by atoms with Crippen molar-refractivity contribution in [1.29, 1.82) is 0 Å². The second-order valence-electron chi connectivity index (χ2n) is 0.224. The van der Waals surface area contributed by atoms with Crippen molar-refractivity contribution in [3.8, 4) is 0 Å². The van der Waals surface area contributed by atoms with Gasteiger partial charge in [-0.25, -0.2) is 0 Å². The second-order valence-corrected chi connectivity index (χ2v) is 1.57. The van der Waals surface area contributed by atoms with Crippen LogP contribution in [0.4, 0.5) is 0 Å². The predicted octanol–water partition coefficient (Wildman–Crippen LogP) is 0.303. The fourth-order valence-electron chi connectivity index (χ4n) is 0. The summed E-state index contributed by atoms with van der Waals surface area (Å²) in [4.78, 5) is 8.85. The van der Waals surface area contributed by atoms with E-state index in [1.165, 1.54) is 0 Å². The summed E-state index contributed by atoms with van der Waals surface area (Å²) >= 11 is 3.57. The van der Waals surface area contributed by atoms with Crippen molar-refractivity contribution in [3.05, 3.63) is 0 Å². The molecule has 0 heterocycles. The molecule has 0 bridgehead atoms. The number of quaternary nitrogens is 2. The molecule has 0 aliphatic carbocycles. The fraction of sp³-hybridized carbons (Fsp3) is 0. The van der Waals surface area contributed by atoms with Gasteiger partial charge in [0.05, 0.1) is 0 Å². The Labute approximate surface area is 42.1 Å². The van der Waals surface area contributed by atoms with Gasteiger partial charge in [0.25, 0.3) is 0 Å². The molecular formula is H8N2O2PS+. The molecule has 0 fully saturated rings. The standard InChI is InChI=1S/2H3N.HO2PS/c;;1-3(2)4/h2*1H3;(H,1,2,4)/p+1. The van der Waals surface area contributed by atoms with Crippen LogP contribution in [0.25, 0.3) is 0 Å². The van der Waals surface area contributed by atoms with E-state index in [2.05, 4.69) is 12.2 Å². The van der Waals surface area contributed by atoms with Crippen molar-refractivity contribution in [2.45, 2.75) is 0 Å². The highest BCUT2D eigenvalue weighted by atomic mass is 32.7. The van der Waals surface area contributed by atoms with Gasteiger partial charge in [-0.1, -0.05) is 0 Å². The normalized spacial score (nSPS) is 7.33. The van der Waals surface area contributed by atoms with Crippen LogP contribution in [-0.4, -0.2) is 0 Å². The Bertz CT molecular complexity index is 34.5. The fourth-order valence-corrected chi connectivity index (χ4v) is 0. The van der Waals surface area contributed by atoms with Crippen molar-refractivity contribution in [3.63, 3.8) is 0 Å². The molecule has 0 aromatic heterocycles. The maximum absolute atomic E-state index is 8.85. The van der Waals surface area contributed by atoms with Gasteiger partial charge >= 0.3 is 0 Å². The summed E-state index contributed by atoms with van der Waals surface area (Å²) in [5.74, 6) is 0. The van der Waals surface area contributed by atoms with E-state index >= 15 is 0 Å². The molecule has 0 radical (unpaired) electrons. The largest absolute Gasteiger partial charge is 0.614 e. The molecular weight excluding hydrogens is 123 g/mol. The molecule has 0 aromatic carbocycles. The summed E-state index contributed by atoms with van der Waals surface area (Å²) in [7, 11) is -2.54. The zero-order valence-electron chi connectivity index (χ0n) is 3.67. The van der Waals surface area contributed by atoms with E-state index in [0.717, 1.165) is 0 Å². The predicted molar refractivity (Wildman–Crippen MR) is 26.9 cm³/mol. The highest BCUT2D eigenvalue weighted by Gasteiger charge is 1.48. The first-order valence-electron chi connectivity index (χ1n) is 0.548. The molecule has 40 valence electrons. The minimum atomic E-state index is -2.54. The lowest BCUT2D eigenvalue weighted by atomic mass is 14.0. The molecule has 0 aromatic rings. The zero-order valence-corrected chi connectivity index (χ0v) is 5.38. The van der Waals surface area contributed by atoms with Gasteiger partial charge < -0.3 is 29.4 Å². The van der Waals surface area contributed by atoms with Crippen LogP contribution >= 0.6 is 7.23 Å². The molecule has 0 saturated carbocycles. The first-order valence-corrected chi connectivity index (χ1v) is 2.74. The number of rotatable bonds is 0. The first kappa shape index (κ1) is 16.2. The lowest BCUT2D eigenvalue weighted by Gasteiger charge is -1.76. The van der Waals surface area contributed by atoms with Crippen LogP contribution in [0, 0.1) is 0 Å². The highest BCUT2D eigenvalue weighted by molar-refractivity contribution is 8.24. The van der Waals surface area contributed by atoms with E-state index in [9.17, 15) is 0 Å². The molecule has 8 N–H and O–H groups in total. The molecule has 0 aliphatic rings. The van der Waals surface area contributed by atoms with E-state index in [4.69, 9.17) is 9.46 Å². The van der Waals surface area contributed by atoms with Gasteiger partial charge in [0.2, 0.25) is 0 Å². The maximum Gasteiger partial charge on any atom is 0.168 e. The summed E-state index contributed by atoms with van der Waals surface area (Å²) in [5.41, 5.74) is 0. The molecule has 6 heavy (non-hydrogen) atoms. The van der Waals surface area contributed by atoms with E-state index < -0.39 is 7.23 Å². The van der Waals surface area contributed by atoms with E-state index in [0.29, 0.717) is 0 Å². The van der Waals surface area contributed by atoms with Crippen LogP contribution in [0.3, 0.4) is 0 Å². The summed E-state index contributed by atoms with van der Waals surface area (Å²) in [6, 6.07) is 0. The molecule has 0 rings (SSSR count). The molecule has 1 unspecified atom stereocenters. The van der Waals surface area contributed by atoms with Gasteiger partial charge in [-0.2, -0.15) is 0 Å². The Balaban J connectivity index is -0.0000000450. The Kier molecular flexibility index (Phi) is 24.4. The highest BCUT2D eigenvalue weighted by Crippen LogP contribution is 1.94. The molecule has 0 spiro atoms. The van der Waals surface area contributed by atoms with Gasteiger partial charge in [0.1, 0.15) is 0 Å². The van der Waals surface area contributed by atoms with E-state index in [1.807, 2.05) is 0 Å². The SMILES string of the molecule is O=[P+]([O-])[S-].[NH4+].[NH4+]. The van der Waals surface area contributed by atoms with Crippen molar-refractivity contribution in [1.82, 2.24) is 12.3 Å². The minimum absolute atomic E-state index is 0. The van der Waals surface area contributed by atoms with Gasteiger partial charge in [0, 0.05) is 0 Å². The zero-order chi connectivity index (χ0) is 3.58. The average molecular weight is 131 g/mol. The van der Waals surface area contributed by atoms with Gasteiger partial charge in [-0.05, 0) is 0 Å². The van der Waals surface area contributed by atoms with Crippen LogP contribution in [0.2, 0.25) is 0 Å². The summed E-state index contributed by atoms with van der Waals surface area (Å²) < 4.78 is 8.85. The van der Waals surface area contributed by atoms with Crippen LogP contribution in [0.15, 0.2) is 0 Å². The van der Waals surface area contributed by atoms with E-state index in [-0.39, 0.29) is 12.3 Å². The summed E-state index contributed by atoms with van der Waals surface area (Å²) in [6.07, 6.45) is 0. The lowest BCUT2D eigenvalue weighted by Crippen LogP contribution is -1.76. The monoisotopic (exact) mass is 131 g/mol. The maximum atomic E-state index is 8.85. The molecule has 0 saturated heterocycles. The molecule has 4 nitrogen and oxygen atoms in total. The van der Waals surface area contributed by atoms with Crippen LogP contribution in [0.1, 0.15) is 0 Å². The van der Waals surface area contributed by atoms with Gasteiger partial charge in [-0.3, -0.25) is 0 Å². The topological polar surface area (TPSA) is 113 Å². The number of hydrogen-bond donors (Lipinski definition) is 2. The molecule has 6 heteroatoms. The smallest absolute Gasteiger partial charge is 0.168 e. The average Bonchev–Trinajstić information content (AvgIpc) is 0.811. The van der Waals surface area contributed by atoms with E-state index in [1.54, 1.807) is 0 Å². The van der Waals surface area contributed by atoms with Crippen molar-refractivity contribution in [2.75, 3.05) is 0 Å². The molecule has 0 aliphatic heterocycles.